The Kier molecular flexibility index (Phi) is 2.82. The number of carboxylic acids is 1. The van der Waals surface area contributed by atoms with E-state index in [1.165, 1.54) is 11.7 Å². The van der Waals surface area contributed by atoms with Gasteiger partial charge in [-0.1, -0.05) is 30.3 Å². The summed E-state index contributed by atoms with van der Waals surface area (Å²) in [4.78, 5) is 22.8. The second-order valence-corrected chi connectivity index (χ2v) is 3.80. The van der Waals surface area contributed by atoms with Crippen LogP contribution in [0.4, 0.5) is 0 Å². The van der Waals surface area contributed by atoms with E-state index in [-0.39, 0.29) is 16.8 Å². The van der Waals surface area contributed by atoms with Gasteiger partial charge in [0.1, 0.15) is 5.69 Å². The van der Waals surface area contributed by atoms with Crippen molar-refractivity contribution >= 4 is 5.97 Å². The lowest BCUT2D eigenvalue weighted by Crippen LogP contribution is -2.15. The minimum Gasteiger partial charge on any atom is -0.477 e. The molecule has 0 bridgehead atoms. The van der Waals surface area contributed by atoms with Gasteiger partial charge in [-0.05, 0) is 5.56 Å². The number of nitrogens with one attached hydrogen (secondary N) is 1. The number of aromatic carboxylic acids is 1. The van der Waals surface area contributed by atoms with Gasteiger partial charge in [-0.3, -0.25) is 14.6 Å². The molecular weight excluding hydrogens is 220 g/mol. The van der Waals surface area contributed by atoms with Gasteiger partial charge >= 0.3 is 5.97 Å². The van der Waals surface area contributed by atoms with Crippen LogP contribution in [0.2, 0.25) is 0 Å². The lowest BCUT2D eigenvalue weighted by Gasteiger charge is -1.98. The van der Waals surface area contributed by atoms with Crippen LogP contribution in [0.5, 0.6) is 0 Å². The van der Waals surface area contributed by atoms with Crippen molar-refractivity contribution in [3.63, 3.8) is 0 Å². The third-order valence-electron chi connectivity index (χ3n) is 2.58. The normalized spacial score (nSPS) is 10.4. The summed E-state index contributed by atoms with van der Waals surface area (Å²) in [5.74, 6) is -1.12. The van der Waals surface area contributed by atoms with Gasteiger partial charge in [0.25, 0.3) is 5.56 Å². The highest BCUT2D eigenvalue weighted by Crippen LogP contribution is 2.09. The summed E-state index contributed by atoms with van der Waals surface area (Å²) in [5.41, 5.74) is 0.852. The monoisotopic (exact) mass is 232 g/mol. The molecule has 0 saturated heterocycles. The van der Waals surface area contributed by atoms with Gasteiger partial charge in [0, 0.05) is 13.5 Å². The molecule has 2 rings (SSSR count). The Hall–Kier alpha value is -2.30. The molecule has 0 spiro atoms. The molecule has 5 heteroatoms. The minimum atomic E-state index is -1.12. The highest BCUT2D eigenvalue weighted by atomic mass is 16.4. The smallest absolute Gasteiger partial charge is 0.354 e. The van der Waals surface area contributed by atoms with Crippen LogP contribution in [0, 0.1) is 0 Å². The third kappa shape index (κ3) is 2.13. The molecule has 0 amide bonds. The molecule has 88 valence electrons. The number of hydrogen-bond acceptors (Lipinski definition) is 2. The number of benzene rings is 1. The first kappa shape index (κ1) is 11.2. The second kappa shape index (κ2) is 4.29. The number of hydrogen-bond donors (Lipinski definition) is 2. The van der Waals surface area contributed by atoms with Crippen molar-refractivity contribution in [2.75, 3.05) is 0 Å². The molecule has 1 aromatic heterocycles. The number of aromatic nitrogens is 2. The van der Waals surface area contributed by atoms with Crippen LogP contribution in [-0.4, -0.2) is 20.9 Å². The SMILES string of the molecule is Cn1[nH]c(C(=O)O)c(Cc2ccccc2)c1=O. The number of carbonyl (C=O) groups is 1. The summed E-state index contributed by atoms with van der Waals surface area (Å²) in [7, 11) is 1.50. The van der Waals surface area contributed by atoms with E-state index < -0.39 is 5.97 Å². The van der Waals surface area contributed by atoms with Gasteiger partial charge < -0.3 is 5.11 Å². The molecule has 17 heavy (non-hydrogen) atoms. The molecule has 2 N–H and O–H groups in total. The fraction of sp³-hybridized carbons (Fsp3) is 0.167. The molecule has 0 aliphatic heterocycles. The summed E-state index contributed by atoms with van der Waals surface area (Å²) in [5, 5.41) is 11.5. The van der Waals surface area contributed by atoms with E-state index in [0.29, 0.717) is 6.42 Å². The van der Waals surface area contributed by atoms with Crippen LogP contribution < -0.4 is 5.56 Å². The molecule has 0 aliphatic carbocycles. The number of aryl methyl sites for hydroxylation is 1. The second-order valence-electron chi connectivity index (χ2n) is 3.80. The fourth-order valence-corrected chi connectivity index (χ4v) is 1.74. The molecular formula is C12H12N2O3. The maximum absolute atomic E-state index is 11.8. The molecule has 1 aromatic carbocycles. The molecule has 0 fully saturated rings. The van der Waals surface area contributed by atoms with E-state index in [9.17, 15) is 9.59 Å². The third-order valence-corrected chi connectivity index (χ3v) is 2.58. The van der Waals surface area contributed by atoms with Crippen molar-refractivity contribution in [3.8, 4) is 0 Å². The maximum atomic E-state index is 11.8. The Morgan fingerprint density at radius 1 is 1.35 bits per heavy atom. The van der Waals surface area contributed by atoms with Crippen LogP contribution in [0.3, 0.4) is 0 Å². The minimum absolute atomic E-state index is 0.0404. The van der Waals surface area contributed by atoms with E-state index >= 15 is 0 Å². The van der Waals surface area contributed by atoms with Crippen LogP contribution in [0.25, 0.3) is 0 Å². The topological polar surface area (TPSA) is 75.1 Å². The average molecular weight is 232 g/mol. The van der Waals surface area contributed by atoms with E-state index in [0.717, 1.165) is 5.56 Å². The summed E-state index contributed by atoms with van der Waals surface area (Å²) in [6.07, 6.45) is 0.318. The van der Waals surface area contributed by atoms with Crippen molar-refractivity contribution in [2.45, 2.75) is 6.42 Å². The van der Waals surface area contributed by atoms with E-state index in [1.54, 1.807) is 0 Å². The molecule has 1 heterocycles. The van der Waals surface area contributed by atoms with Crippen molar-refractivity contribution in [2.24, 2.45) is 7.05 Å². The number of H-pyrrole nitrogens is 1. The van der Waals surface area contributed by atoms with Gasteiger partial charge in [-0.25, -0.2) is 4.79 Å². The molecule has 5 nitrogen and oxygen atoms in total. The lowest BCUT2D eigenvalue weighted by molar-refractivity contribution is 0.0688. The quantitative estimate of drug-likeness (QED) is 0.829. The predicted octanol–water partition coefficient (Wildman–Crippen LogP) is 1.00. The zero-order valence-corrected chi connectivity index (χ0v) is 9.30. The van der Waals surface area contributed by atoms with Crippen LogP contribution in [-0.2, 0) is 13.5 Å². The van der Waals surface area contributed by atoms with Crippen LogP contribution in [0.1, 0.15) is 21.6 Å². The standard InChI is InChI=1S/C12H12N2O3/c1-14-11(15)9(10(13-14)12(16)17)7-8-5-3-2-4-6-8/h2-6,13H,7H2,1H3,(H,16,17). The Bertz CT molecular complexity index is 596. The molecule has 0 atom stereocenters. The zero-order chi connectivity index (χ0) is 12.4. The summed E-state index contributed by atoms with van der Waals surface area (Å²) < 4.78 is 1.18. The summed E-state index contributed by atoms with van der Waals surface area (Å²) in [6, 6.07) is 9.30. The van der Waals surface area contributed by atoms with Gasteiger partial charge in [-0.15, -0.1) is 0 Å². The predicted molar refractivity (Wildman–Crippen MR) is 62.2 cm³/mol. The molecule has 0 saturated carbocycles. The van der Waals surface area contributed by atoms with Crippen molar-refractivity contribution in [1.82, 2.24) is 9.78 Å². The van der Waals surface area contributed by atoms with E-state index in [4.69, 9.17) is 5.11 Å². The first-order valence-electron chi connectivity index (χ1n) is 5.14. The van der Waals surface area contributed by atoms with Crippen LogP contribution in [0.15, 0.2) is 35.1 Å². The highest BCUT2D eigenvalue weighted by molar-refractivity contribution is 5.87. The zero-order valence-electron chi connectivity index (χ0n) is 9.30. The number of carboxylic acid groups (broad SMARTS) is 1. The molecule has 2 aromatic rings. The molecule has 0 radical (unpaired) electrons. The van der Waals surface area contributed by atoms with E-state index in [2.05, 4.69) is 5.10 Å². The average Bonchev–Trinajstić information content (AvgIpc) is 2.59. The Balaban J connectivity index is 2.45. The highest BCUT2D eigenvalue weighted by Gasteiger charge is 2.18. The molecule has 0 unspecified atom stereocenters. The van der Waals surface area contributed by atoms with Gasteiger partial charge in [0.15, 0.2) is 0 Å². The Morgan fingerprint density at radius 2 is 2.00 bits per heavy atom. The molecule has 0 aliphatic rings. The largest absolute Gasteiger partial charge is 0.477 e. The first-order chi connectivity index (χ1) is 8.09. The van der Waals surface area contributed by atoms with Gasteiger partial charge in [0.2, 0.25) is 0 Å². The number of aromatic amines is 1. The fourth-order valence-electron chi connectivity index (χ4n) is 1.74. The van der Waals surface area contributed by atoms with Crippen molar-refractivity contribution < 1.29 is 9.90 Å². The van der Waals surface area contributed by atoms with Gasteiger partial charge in [-0.2, -0.15) is 0 Å². The van der Waals surface area contributed by atoms with Crippen molar-refractivity contribution in [1.29, 1.82) is 0 Å². The van der Waals surface area contributed by atoms with Crippen molar-refractivity contribution in [3.05, 3.63) is 57.5 Å². The Morgan fingerprint density at radius 3 is 2.59 bits per heavy atom. The Labute approximate surface area is 97.3 Å². The number of nitrogens with zero attached hydrogens (tertiary/aromatic N) is 1. The van der Waals surface area contributed by atoms with Crippen LogP contribution >= 0.6 is 0 Å². The summed E-state index contributed by atoms with van der Waals surface area (Å²) >= 11 is 0. The first-order valence-corrected chi connectivity index (χ1v) is 5.14. The number of rotatable bonds is 3. The maximum Gasteiger partial charge on any atom is 0.354 e. The van der Waals surface area contributed by atoms with Gasteiger partial charge in [0.05, 0.1) is 5.56 Å². The summed E-state index contributed by atoms with van der Waals surface area (Å²) in [6.45, 7) is 0. The lowest BCUT2D eigenvalue weighted by atomic mass is 10.1. The van der Waals surface area contributed by atoms with E-state index in [1.807, 2.05) is 30.3 Å².